The molecule has 0 spiro atoms. The minimum Gasteiger partial charge on any atom is -0.384 e. The van der Waals surface area contributed by atoms with Crippen LogP contribution in [0, 0.1) is 13.8 Å². The summed E-state index contributed by atoms with van der Waals surface area (Å²) >= 11 is 0. The fraction of sp³-hybridized carbons (Fsp3) is 0.571. The van der Waals surface area contributed by atoms with E-state index in [4.69, 9.17) is 5.73 Å². The van der Waals surface area contributed by atoms with Gasteiger partial charge in [0.2, 0.25) is 0 Å². The predicted molar refractivity (Wildman–Crippen MR) is 76.4 cm³/mol. The van der Waals surface area contributed by atoms with Gasteiger partial charge in [-0.2, -0.15) is 0 Å². The molecule has 1 aromatic rings. The lowest BCUT2D eigenvalue weighted by atomic mass is 10.1. The van der Waals surface area contributed by atoms with Crippen LogP contribution < -0.4 is 16.4 Å². The van der Waals surface area contributed by atoms with E-state index in [-0.39, 0.29) is 0 Å². The zero-order chi connectivity index (χ0) is 13.8. The molecule has 0 aromatic carbocycles. The van der Waals surface area contributed by atoms with Crippen molar-refractivity contribution in [1.82, 2.24) is 10.3 Å². The molecule has 2 rings (SSSR count). The summed E-state index contributed by atoms with van der Waals surface area (Å²) in [7, 11) is 0. The molecular formula is C14H22N4O. The van der Waals surface area contributed by atoms with E-state index in [2.05, 4.69) is 15.6 Å². The van der Waals surface area contributed by atoms with Crippen molar-refractivity contribution < 1.29 is 4.79 Å². The Hall–Kier alpha value is -1.62. The van der Waals surface area contributed by atoms with Crippen molar-refractivity contribution in [3.63, 3.8) is 0 Å². The molecule has 1 aromatic heterocycles. The molecule has 19 heavy (non-hydrogen) atoms. The quantitative estimate of drug-likeness (QED) is 0.648. The Kier molecular flexibility index (Phi) is 4.37. The molecule has 0 aliphatic heterocycles. The Labute approximate surface area is 114 Å². The third kappa shape index (κ3) is 3.92. The summed E-state index contributed by atoms with van der Waals surface area (Å²) in [5.41, 5.74) is 8.28. The second-order valence-corrected chi connectivity index (χ2v) is 5.14. The summed E-state index contributed by atoms with van der Waals surface area (Å²) in [6.07, 6.45) is 3.64. The minimum absolute atomic E-state index is 0.427. The van der Waals surface area contributed by atoms with Gasteiger partial charge in [-0.05, 0) is 45.7 Å². The SMILES string of the molecule is Cc1cc(NCCCNC2CC2)c(C(N)=O)c(C)n1. The number of hydrogen-bond acceptors (Lipinski definition) is 4. The number of aryl methyl sites for hydroxylation is 2. The highest BCUT2D eigenvalue weighted by atomic mass is 16.1. The molecule has 4 N–H and O–H groups in total. The van der Waals surface area contributed by atoms with Crippen LogP contribution in [0.1, 0.15) is 41.0 Å². The van der Waals surface area contributed by atoms with Gasteiger partial charge in [0.25, 0.3) is 5.91 Å². The van der Waals surface area contributed by atoms with Crippen LogP contribution in [-0.4, -0.2) is 30.0 Å². The minimum atomic E-state index is -0.427. The molecule has 0 saturated heterocycles. The molecule has 1 aliphatic rings. The van der Waals surface area contributed by atoms with Gasteiger partial charge in [0.15, 0.2) is 0 Å². The Bertz CT molecular complexity index is 469. The molecule has 104 valence electrons. The average molecular weight is 262 g/mol. The van der Waals surface area contributed by atoms with Crippen LogP contribution in [0.4, 0.5) is 5.69 Å². The maximum absolute atomic E-state index is 11.5. The van der Waals surface area contributed by atoms with E-state index in [0.29, 0.717) is 11.3 Å². The second kappa shape index (κ2) is 6.02. The van der Waals surface area contributed by atoms with Crippen molar-refractivity contribution in [3.05, 3.63) is 23.0 Å². The fourth-order valence-electron chi connectivity index (χ4n) is 2.18. The number of hydrogen-bond donors (Lipinski definition) is 3. The van der Waals surface area contributed by atoms with Gasteiger partial charge in [0, 0.05) is 18.3 Å². The number of pyridine rings is 1. The van der Waals surface area contributed by atoms with E-state index in [9.17, 15) is 4.79 Å². The van der Waals surface area contributed by atoms with E-state index in [1.807, 2.05) is 19.9 Å². The zero-order valence-corrected chi connectivity index (χ0v) is 11.6. The highest BCUT2D eigenvalue weighted by Crippen LogP contribution is 2.20. The third-order valence-electron chi connectivity index (χ3n) is 3.25. The number of carbonyl (C=O) groups excluding carboxylic acids is 1. The van der Waals surface area contributed by atoms with Crippen molar-refractivity contribution in [1.29, 1.82) is 0 Å². The van der Waals surface area contributed by atoms with Crippen LogP contribution in [0.25, 0.3) is 0 Å². The van der Waals surface area contributed by atoms with E-state index >= 15 is 0 Å². The summed E-state index contributed by atoms with van der Waals surface area (Å²) in [6.45, 7) is 5.56. The first-order valence-corrected chi connectivity index (χ1v) is 6.83. The second-order valence-electron chi connectivity index (χ2n) is 5.14. The molecule has 1 fully saturated rings. The number of nitrogens with one attached hydrogen (secondary N) is 2. The predicted octanol–water partition coefficient (Wildman–Crippen LogP) is 1.35. The van der Waals surface area contributed by atoms with Gasteiger partial charge in [-0.1, -0.05) is 0 Å². The largest absolute Gasteiger partial charge is 0.384 e. The Morgan fingerprint density at radius 3 is 2.79 bits per heavy atom. The molecular weight excluding hydrogens is 240 g/mol. The monoisotopic (exact) mass is 262 g/mol. The molecule has 0 bridgehead atoms. The van der Waals surface area contributed by atoms with Gasteiger partial charge < -0.3 is 16.4 Å². The number of carbonyl (C=O) groups is 1. The number of anilines is 1. The van der Waals surface area contributed by atoms with E-state index in [0.717, 1.165) is 36.9 Å². The number of rotatable bonds is 7. The molecule has 5 heteroatoms. The highest BCUT2D eigenvalue weighted by Gasteiger charge is 2.19. The Morgan fingerprint density at radius 1 is 1.42 bits per heavy atom. The summed E-state index contributed by atoms with van der Waals surface area (Å²) in [5, 5.41) is 6.75. The van der Waals surface area contributed by atoms with Crippen molar-refractivity contribution in [3.8, 4) is 0 Å². The molecule has 1 amide bonds. The fourth-order valence-corrected chi connectivity index (χ4v) is 2.18. The average Bonchev–Trinajstić information content (AvgIpc) is 3.10. The molecule has 0 radical (unpaired) electrons. The molecule has 1 aliphatic carbocycles. The number of aromatic nitrogens is 1. The van der Waals surface area contributed by atoms with Crippen molar-refractivity contribution >= 4 is 11.6 Å². The van der Waals surface area contributed by atoms with Crippen molar-refractivity contribution in [2.45, 2.75) is 39.2 Å². The van der Waals surface area contributed by atoms with Gasteiger partial charge in [-0.15, -0.1) is 0 Å². The zero-order valence-electron chi connectivity index (χ0n) is 11.6. The molecule has 1 heterocycles. The van der Waals surface area contributed by atoms with Crippen molar-refractivity contribution in [2.75, 3.05) is 18.4 Å². The van der Waals surface area contributed by atoms with Crippen LogP contribution in [0.3, 0.4) is 0 Å². The molecule has 0 atom stereocenters. The highest BCUT2D eigenvalue weighted by molar-refractivity contribution is 5.99. The van der Waals surface area contributed by atoms with Gasteiger partial charge in [-0.25, -0.2) is 0 Å². The van der Waals surface area contributed by atoms with Crippen molar-refractivity contribution in [2.24, 2.45) is 5.73 Å². The van der Waals surface area contributed by atoms with E-state index in [1.54, 1.807) is 0 Å². The van der Waals surface area contributed by atoms with E-state index < -0.39 is 5.91 Å². The van der Waals surface area contributed by atoms with Crippen LogP contribution in [0.5, 0.6) is 0 Å². The lowest BCUT2D eigenvalue weighted by Crippen LogP contribution is -2.21. The lowest BCUT2D eigenvalue weighted by molar-refractivity contribution is 0.1000. The van der Waals surface area contributed by atoms with Crippen LogP contribution >= 0.6 is 0 Å². The van der Waals surface area contributed by atoms with Gasteiger partial charge >= 0.3 is 0 Å². The van der Waals surface area contributed by atoms with Crippen LogP contribution in [0.2, 0.25) is 0 Å². The van der Waals surface area contributed by atoms with Gasteiger partial charge in [-0.3, -0.25) is 9.78 Å². The first-order valence-electron chi connectivity index (χ1n) is 6.83. The maximum atomic E-state index is 11.5. The molecule has 0 unspecified atom stereocenters. The standard InChI is InChI=1S/C14H22N4O/c1-9-8-12(13(14(15)19)10(2)18-9)17-7-3-6-16-11-4-5-11/h8,11,16H,3-7H2,1-2H3,(H2,15,19)(H,17,18). The smallest absolute Gasteiger partial charge is 0.252 e. The number of primary amides is 1. The number of nitrogens with two attached hydrogens (primary N) is 1. The topological polar surface area (TPSA) is 80.0 Å². The maximum Gasteiger partial charge on any atom is 0.252 e. The van der Waals surface area contributed by atoms with E-state index in [1.165, 1.54) is 12.8 Å². The lowest BCUT2D eigenvalue weighted by Gasteiger charge is -2.13. The molecule has 1 saturated carbocycles. The number of nitrogens with zero attached hydrogens (tertiary/aromatic N) is 1. The van der Waals surface area contributed by atoms with Crippen LogP contribution in [-0.2, 0) is 0 Å². The summed E-state index contributed by atoms with van der Waals surface area (Å²) in [5.74, 6) is -0.427. The Morgan fingerprint density at radius 2 is 2.16 bits per heavy atom. The summed E-state index contributed by atoms with van der Waals surface area (Å²) in [6, 6.07) is 2.62. The Balaban J connectivity index is 1.91. The third-order valence-corrected chi connectivity index (χ3v) is 3.25. The molecule has 5 nitrogen and oxygen atoms in total. The van der Waals surface area contributed by atoms with Crippen LogP contribution in [0.15, 0.2) is 6.07 Å². The van der Waals surface area contributed by atoms with Gasteiger partial charge in [0.05, 0.1) is 16.9 Å². The summed E-state index contributed by atoms with van der Waals surface area (Å²) < 4.78 is 0. The number of amides is 1. The first-order chi connectivity index (χ1) is 9.08. The first kappa shape index (κ1) is 13.8. The normalized spacial score (nSPS) is 14.4. The van der Waals surface area contributed by atoms with Gasteiger partial charge in [0.1, 0.15) is 0 Å². The summed E-state index contributed by atoms with van der Waals surface area (Å²) in [4.78, 5) is 15.7.